The van der Waals surface area contributed by atoms with Crippen LogP contribution in [-0.2, 0) is 5.85 Å². The summed E-state index contributed by atoms with van der Waals surface area (Å²) in [5.74, 6) is -1.77. The molecule has 1 aromatic rings. The third-order valence-corrected chi connectivity index (χ3v) is 1.56. The minimum atomic E-state index is -1.77. The van der Waals surface area contributed by atoms with Crippen LogP contribution in [0.3, 0.4) is 0 Å². The molecule has 0 unspecified atom stereocenters. The van der Waals surface area contributed by atoms with Gasteiger partial charge in [-0.05, 0) is 12.1 Å². The van der Waals surface area contributed by atoms with E-state index in [-0.39, 0.29) is 0 Å². The van der Waals surface area contributed by atoms with Gasteiger partial charge in [-0.1, -0.05) is 23.7 Å². The highest BCUT2D eigenvalue weighted by atomic mass is 35.5. The van der Waals surface area contributed by atoms with Gasteiger partial charge in [0.25, 0.3) is 0 Å². The van der Waals surface area contributed by atoms with E-state index in [9.17, 15) is 0 Å². The lowest BCUT2D eigenvalue weighted by Gasteiger charge is -2.16. The van der Waals surface area contributed by atoms with Gasteiger partial charge in [0.15, 0.2) is 5.85 Å². The van der Waals surface area contributed by atoms with Crippen molar-refractivity contribution in [2.24, 2.45) is 11.5 Å². The van der Waals surface area contributed by atoms with Crippen LogP contribution in [0.15, 0.2) is 24.3 Å². The van der Waals surface area contributed by atoms with Gasteiger partial charge in [0, 0.05) is 10.6 Å². The Hall–Kier alpha value is -0.610. The molecule has 0 bridgehead atoms. The third-order valence-electron chi connectivity index (χ3n) is 1.31. The van der Waals surface area contributed by atoms with Crippen LogP contribution < -0.4 is 11.5 Å². The van der Waals surface area contributed by atoms with Crippen molar-refractivity contribution in [3.05, 3.63) is 34.9 Å². The van der Waals surface area contributed by atoms with E-state index >= 15 is 0 Å². The summed E-state index contributed by atoms with van der Waals surface area (Å²) >= 11 is 5.60. The van der Waals surface area contributed by atoms with Crippen molar-refractivity contribution in [3.63, 3.8) is 0 Å². The molecule has 4 heteroatoms. The number of hydrogen-bond donors (Lipinski definition) is 3. The largest absolute Gasteiger partial charge is 0.360 e. The quantitative estimate of drug-likeness (QED) is 0.536. The topological polar surface area (TPSA) is 72.3 Å². The Bertz CT molecular complexity index is 240. The highest BCUT2D eigenvalue weighted by Crippen LogP contribution is 2.13. The van der Waals surface area contributed by atoms with Crippen molar-refractivity contribution in [1.82, 2.24) is 0 Å². The second-order valence-electron chi connectivity index (χ2n) is 2.33. The zero-order valence-electron chi connectivity index (χ0n) is 5.79. The summed E-state index contributed by atoms with van der Waals surface area (Å²) in [6.45, 7) is 0. The molecule has 0 aliphatic rings. The normalized spacial score (nSPS) is 11.6. The van der Waals surface area contributed by atoms with Crippen molar-refractivity contribution >= 4 is 11.6 Å². The Balaban J connectivity index is 2.99. The molecule has 0 saturated carbocycles. The molecule has 0 radical (unpaired) electrons. The maximum absolute atomic E-state index is 9.09. The van der Waals surface area contributed by atoms with E-state index in [0.717, 1.165) is 0 Å². The Morgan fingerprint density at radius 2 is 1.64 bits per heavy atom. The Kier molecular flexibility index (Phi) is 2.15. The molecule has 0 amide bonds. The smallest absolute Gasteiger partial charge is 0.194 e. The molecule has 0 atom stereocenters. The molecule has 11 heavy (non-hydrogen) atoms. The second-order valence-corrected chi connectivity index (χ2v) is 2.77. The van der Waals surface area contributed by atoms with Crippen LogP contribution in [0.1, 0.15) is 5.56 Å². The SMILES string of the molecule is NC(N)(O)c1ccc(Cl)cc1. The molecule has 0 aliphatic heterocycles. The van der Waals surface area contributed by atoms with E-state index < -0.39 is 5.85 Å². The third kappa shape index (κ3) is 2.17. The molecule has 5 N–H and O–H groups in total. The van der Waals surface area contributed by atoms with Crippen molar-refractivity contribution in [2.75, 3.05) is 0 Å². The van der Waals surface area contributed by atoms with Crippen LogP contribution in [0.5, 0.6) is 0 Å². The molecule has 0 aromatic heterocycles. The van der Waals surface area contributed by atoms with Gasteiger partial charge in [-0.15, -0.1) is 0 Å². The molecule has 60 valence electrons. The van der Waals surface area contributed by atoms with Gasteiger partial charge in [-0.3, -0.25) is 11.5 Å². The Morgan fingerprint density at radius 1 is 1.18 bits per heavy atom. The van der Waals surface area contributed by atoms with E-state index in [0.29, 0.717) is 10.6 Å². The van der Waals surface area contributed by atoms with E-state index in [1.165, 1.54) is 0 Å². The lowest BCUT2D eigenvalue weighted by Crippen LogP contribution is -2.45. The molecule has 3 nitrogen and oxygen atoms in total. The second kappa shape index (κ2) is 2.79. The maximum Gasteiger partial charge on any atom is 0.194 e. The molecule has 1 rings (SSSR count). The van der Waals surface area contributed by atoms with Gasteiger partial charge >= 0.3 is 0 Å². The molecule has 1 aromatic carbocycles. The van der Waals surface area contributed by atoms with Gasteiger partial charge in [0.2, 0.25) is 0 Å². The first-order valence-electron chi connectivity index (χ1n) is 3.06. The number of nitrogens with two attached hydrogens (primary N) is 2. The van der Waals surface area contributed by atoms with Gasteiger partial charge in [-0.2, -0.15) is 0 Å². The molecular formula is C7H9ClN2O. The number of halogens is 1. The lowest BCUT2D eigenvalue weighted by molar-refractivity contribution is 0.0509. The molecule has 0 saturated heterocycles. The summed E-state index contributed by atoms with van der Waals surface area (Å²) in [4.78, 5) is 0. The number of benzene rings is 1. The van der Waals surface area contributed by atoms with Crippen LogP contribution in [0.25, 0.3) is 0 Å². The standard InChI is InChI=1S/C7H9ClN2O/c8-6-3-1-5(2-4-6)7(9,10)11/h1-4,11H,9-10H2. The van der Waals surface area contributed by atoms with Crippen LogP contribution in [0.4, 0.5) is 0 Å². The predicted octanol–water partition coefficient (Wildman–Crippen LogP) is 0.360. The first kappa shape index (κ1) is 8.49. The first-order valence-corrected chi connectivity index (χ1v) is 3.44. The zero-order chi connectivity index (χ0) is 8.48. The van der Waals surface area contributed by atoms with Gasteiger partial charge < -0.3 is 5.11 Å². The van der Waals surface area contributed by atoms with Crippen molar-refractivity contribution in [1.29, 1.82) is 0 Å². The van der Waals surface area contributed by atoms with Crippen molar-refractivity contribution in [2.45, 2.75) is 5.85 Å². The fourth-order valence-electron chi connectivity index (χ4n) is 0.717. The zero-order valence-corrected chi connectivity index (χ0v) is 6.55. The molecule has 0 aliphatic carbocycles. The van der Waals surface area contributed by atoms with E-state index in [1.54, 1.807) is 24.3 Å². The summed E-state index contributed by atoms with van der Waals surface area (Å²) in [7, 11) is 0. The van der Waals surface area contributed by atoms with Crippen molar-refractivity contribution in [3.8, 4) is 0 Å². The van der Waals surface area contributed by atoms with Crippen LogP contribution in [0, 0.1) is 0 Å². The fraction of sp³-hybridized carbons (Fsp3) is 0.143. The Morgan fingerprint density at radius 3 is 2.00 bits per heavy atom. The monoisotopic (exact) mass is 172 g/mol. The van der Waals surface area contributed by atoms with Crippen LogP contribution >= 0.6 is 11.6 Å². The van der Waals surface area contributed by atoms with Gasteiger partial charge in [0.1, 0.15) is 0 Å². The number of aliphatic hydroxyl groups is 1. The summed E-state index contributed by atoms with van der Waals surface area (Å²) in [6.07, 6.45) is 0. The molecule has 0 fully saturated rings. The van der Waals surface area contributed by atoms with Crippen LogP contribution in [0.2, 0.25) is 5.02 Å². The fourth-order valence-corrected chi connectivity index (χ4v) is 0.843. The van der Waals surface area contributed by atoms with Gasteiger partial charge in [-0.25, -0.2) is 0 Å². The number of hydrogen-bond acceptors (Lipinski definition) is 3. The van der Waals surface area contributed by atoms with E-state index in [4.69, 9.17) is 28.2 Å². The average Bonchev–Trinajstić information content (AvgIpc) is 1.86. The average molecular weight is 173 g/mol. The van der Waals surface area contributed by atoms with Gasteiger partial charge in [0.05, 0.1) is 0 Å². The van der Waals surface area contributed by atoms with Crippen LogP contribution in [-0.4, -0.2) is 5.11 Å². The highest BCUT2D eigenvalue weighted by Gasteiger charge is 2.15. The minimum absolute atomic E-state index is 0.432. The lowest BCUT2D eigenvalue weighted by atomic mass is 10.1. The summed E-state index contributed by atoms with van der Waals surface area (Å²) < 4.78 is 0. The minimum Gasteiger partial charge on any atom is -0.360 e. The van der Waals surface area contributed by atoms with Crippen molar-refractivity contribution < 1.29 is 5.11 Å². The molecule has 0 spiro atoms. The first-order chi connectivity index (χ1) is 5.00. The molecular weight excluding hydrogens is 164 g/mol. The highest BCUT2D eigenvalue weighted by molar-refractivity contribution is 6.30. The summed E-state index contributed by atoms with van der Waals surface area (Å²) in [6, 6.07) is 6.37. The van der Waals surface area contributed by atoms with E-state index in [1.807, 2.05) is 0 Å². The predicted molar refractivity (Wildman–Crippen MR) is 43.7 cm³/mol. The maximum atomic E-state index is 9.09. The Labute approximate surface area is 69.6 Å². The molecule has 0 heterocycles. The summed E-state index contributed by atoms with van der Waals surface area (Å²) in [5, 5.41) is 9.67. The summed E-state index contributed by atoms with van der Waals surface area (Å²) in [5.41, 5.74) is 10.8. The number of rotatable bonds is 1. The van der Waals surface area contributed by atoms with E-state index in [2.05, 4.69) is 0 Å².